The Kier molecular flexibility index (Phi) is 7.00. The Balaban J connectivity index is 1.74. The van der Waals surface area contributed by atoms with E-state index >= 15 is 0 Å². The number of ether oxygens (including phenoxy) is 1. The summed E-state index contributed by atoms with van der Waals surface area (Å²) in [6, 6.07) is 13.6. The van der Waals surface area contributed by atoms with Crippen LogP contribution in [0.2, 0.25) is 5.02 Å². The largest absolute Gasteiger partial charge is 0.481 e. The quantitative estimate of drug-likeness (QED) is 0.575. The van der Waals surface area contributed by atoms with E-state index in [1.165, 1.54) is 5.56 Å². The third kappa shape index (κ3) is 5.77. The molecule has 0 unspecified atom stereocenters. The number of aryl methyl sites for hydroxylation is 2. The Labute approximate surface area is 152 Å². The Bertz CT molecular complexity index is 688. The maximum atomic E-state index is 12.1. The molecule has 2 aromatic carbocycles. The SMILES string of the molecule is Cc1ccc(O[C@@H](C)C(=O)NCCSc2ccc(Cl)cc2)c(C)c1. The van der Waals surface area contributed by atoms with Crippen LogP contribution >= 0.6 is 23.4 Å². The van der Waals surface area contributed by atoms with E-state index in [-0.39, 0.29) is 5.91 Å². The highest BCUT2D eigenvalue weighted by Gasteiger charge is 2.15. The number of hydrogen-bond donors (Lipinski definition) is 1. The summed E-state index contributed by atoms with van der Waals surface area (Å²) in [5.74, 6) is 1.44. The molecule has 0 saturated carbocycles. The third-order valence-electron chi connectivity index (χ3n) is 3.49. The number of rotatable bonds is 7. The van der Waals surface area contributed by atoms with Gasteiger partial charge in [-0.15, -0.1) is 11.8 Å². The fourth-order valence-electron chi connectivity index (χ4n) is 2.19. The molecule has 0 aliphatic heterocycles. The number of amides is 1. The highest BCUT2D eigenvalue weighted by atomic mass is 35.5. The van der Waals surface area contributed by atoms with E-state index < -0.39 is 6.10 Å². The zero-order valence-corrected chi connectivity index (χ0v) is 15.7. The minimum absolute atomic E-state index is 0.105. The third-order valence-corrected chi connectivity index (χ3v) is 4.75. The maximum absolute atomic E-state index is 12.1. The van der Waals surface area contributed by atoms with Crippen molar-refractivity contribution in [1.29, 1.82) is 0 Å². The van der Waals surface area contributed by atoms with Crippen molar-refractivity contribution in [2.75, 3.05) is 12.3 Å². The van der Waals surface area contributed by atoms with Crippen molar-refractivity contribution < 1.29 is 9.53 Å². The van der Waals surface area contributed by atoms with Crippen LogP contribution in [0.1, 0.15) is 18.1 Å². The minimum atomic E-state index is -0.521. The molecule has 1 N–H and O–H groups in total. The number of benzene rings is 2. The molecule has 2 rings (SSSR count). The number of carbonyl (C=O) groups excluding carboxylic acids is 1. The molecule has 0 spiro atoms. The van der Waals surface area contributed by atoms with Gasteiger partial charge in [-0.3, -0.25) is 4.79 Å². The number of nitrogens with one attached hydrogen (secondary N) is 1. The van der Waals surface area contributed by atoms with Gasteiger partial charge in [-0.25, -0.2) is 0 Å². The predicted molar refractivity (Wildman–Crippen MR) is 101 cm³/mol. The summed E-state index contributed by atoms with van der Waals surface area (Å²) in [6.45, 7) is 6.37. The Morgan fingerprint density at radius 1 is 1.21 bits per heavy atom. The summed E-state index contributed by atoms with van der Waals surface area (Å²) in [5.41, 5.74) is 2.21. The van der Waals surface area contributed by atoms with Gasteiger partial charge in [0, 0.05) is 22.2 Å². The molecule has 0 saturated heterocycles. The fraction of sp³-hybridized carbons (Fsp3) is 0.316. The molecule has 0 radical (unpaired) electrons. The summed E-state index contributed by atoms with van der Waals surface area (Å²) in [5, 5.41) is 3.63. The number of thioether (sulfide) groups is 1. The van der Waals surface area contributed by atoms with Gasteiger partial charge in [0.05, 0.1) is 0 Å². The molecule has 1 amide bonds. The lowest BCUT2D eigenvalue weighted by Gasteiger charge is -2.16. The standard InChI is InChI=1S/C19H22ClNO2S/c1-13-4-9-18(14(2)12-13)23-15(3)19(22)21-10-11-24-17-7-5-16(20)6-8-17/h4-9,12,15H,10-11H2,1-3H3,(H,21,22)/t15-/m0/s1. The molecule has 24 heavy (non-hydrogen) atoms. The Morgan fingerprint density at radius 2 is 1.92 bits per heavy atom. The zero-order chi connectivity index (χ0) is 17.5. The first-order valence-electron chi connectivity index (χ1n) is 7.85. The second kappa shape index (κ2) is 9.00. The van der Waals surface area contributed by atoms with Crippen molar-refractivity contribution in [1.82, 2.24) is 5.32 Å². The van der Waals surface area contributed by atoms with Crippen LogP contribution in [0, 0.1) is 13.8 Å². The van der Waals surface area contributed by atoms with E-state index in [1.54, 1.807) is 18.7 Å². The summed E-state index contributed by atoms with van der Waals surface area (Å²) < 4.78 is 5.76. The monoisotopic (exact) mass is 363 g/mol. The summed E-state index contributed by atoms with van der Waals surface area (Å²) in [6.07, 6.45) is -0.521. The van der Waals surface area contributed by atoms with Crippen molar-refractivity contribution >= 4 is 29.3 Å². The van der Waals surface area contributed by atoms with Gasteiger partial charge >= 0.3 is 0 Å². The molecular formula is C19H22ClNO2S. The second-order valence-electron chi connectivity index (χ2n) is 5.62. The highest BCUT2D eigenvalue weighted by molar-refractivity contribution is 7.99. The lowest BCUT2D eigenvalue weighted by molar-refractivity contribution is -0.127. The van der Waals surface area contributed by atoms with Gasteiger partial charge in [0.25, 0.3) is 5.91 Å². The predicted octanol–water partition coefficient (Wildman–Crippen LogP) is 4.63. The lowest BCUT2D eigenvalue weighted by Crippen LogP contribution is -2.37. The van der Waals surface area contributed by atoms with E-state index in [0.29, 0.717) is 6.54 Å². The summed E-state index contributed by atoms with van der Waals surface area (Å²) in [7, 11) is 0. The average molecular weight is 364 g/mol. The molecule has 2 aromatic rings. The molecule has 0 bridgehead atoms. The lowest BCUT2D eigenvalue weighted by atomic mass is 10.1. The molecule has 128 valence electrons. The summed E-state index contributed by atoms with van der Waals surface area (Å²) in [4.78, 5) is 13.3. The first-order chi connectivity index (χ1) is 11.5. The van der Waals surface area contributed by atoms with Crippen LogP contribution in [-0.2, 0) is 4.79 Å². The maximum Gasteiger partial charge on any atom is 0.260 e. The van der Waals surface area contributed by atoms with Crippen LogP contribution in [0.3, 0.4) is 0 Å². The second-order valence-corrected chi connectivity index (χ2v) is 7.23. The Hall–Kier alpha value is -1.65. The van der Waals surface area contributed by atoms with E-state index in [4.69, 9.17) is 16.3 Å². The molecule has 0 fully saturated rings. The van der Waals surface area contributed by atoms with Crippen LogP contribution in [0.5, 0.6) is 5.75 Å². The number of carbonyl (C=O) groups is 1. The molecule has 0 aliphatic carbocycles. The van der Waals surface area contributed by atoms with Gasteiger partial charge in [-0.2, -0.15) is 0 Å². The average Bonchev–Trinajstić information content (AvgIpc) is 2.55. The molecular weight excluding hydrogens is 342 g/mol. The summed E-state index contributed by atoms with van der Waals surface area (Å²) >= 11 is 7.53. The fourth-order valence-corrected chi connectivity index (χ4v) is 3.09. The first-order valence-corrected chi connectivity index (χ1v) is 9.22. The topological polar surface area (TPSA) is 38.3 Å². The van der Waals surface area contributed by atoms with E-state index in [0.717, 1.165) is 27.0 Å². The van der Waals surface area contributed by atoms with Crippen LogP contribution < -0.4 is 10.1 Å². The van der Waals surface area contributed by atoms with Crippen molar-refractivity contribution in [3.8, 4) is 5.75 Å². The van der Waals surface area contributed by atoms with Crippen LogP contribution in [-0.4, -0.2) is 24.3 Å². The molecule has 0 aliphatic rings. The van der Waals surface area contributed by atoms with Crippen molar-refractivity contribution in [3.63, 3.8) is 0 Å². The van der Waals surface area contributed by atoms with Gasteiger partial charge < -0.3 is 10.1 Å². The van der Waals surface area contributed by atoms with Crippen molar-refractivity contribution in [2.45, 2.75) is 31.8 Å². The smallest absolute Gasteiger partial charge is 0.260 e. The van der Waals surface area contributed by atoms with Crippen LogP contribution in [0.15, 0.2) is 47.4 Å². The van der Waals surface area contributed by atoms with Gasteiger partial charge in [0.2, 0.25) is 0 Å². The minimum Gasteiger partial charge on any atom is -0.481 e. The highest BCUT2D eigenvalue weighted by Crippen LogP contribution is 2.21. The molecule has 3 nitrogen and oxygen atoms in total. The van der Waals surface area contributed by atoms with Gasteiger partial charge in [-0.05, 0) is 56.7 Å². The van der Waals surface area contributed by atoms with E-state index in [1.807, 2.05) is 56.3 Å². The first kappa shape index (κ1) is 18.7. The number of halogens is 1. The van der Waals surface area contributed by atoms with Crippen molar-refractivity contribution in [2.24, 2.45) is 0 Å². The number of hydrogen-bond acceptors (Lipinski definition) is 3. The van der Waals surface area contributed by atoms with Crippen LogP contribution in [0.4, 0.5) is 0 Å². The van der Waals surface area contributed by atoms with E-state index in [9.17, 15) is 4.79 Å². The van der Waals surface area contributed by atoms with Gasteiger partial charge in [0.1, 0.15) is 5.75 Å². The van der Waals surface area contributed by atoms with Crippen LogP contribution in [0.25, 0.3) is 0 Å². The van der Waals surface area contributed by atoms with Crippen molar-refractivity contribution in [3.05, 3.63) is 58.6 Å². The van der Waals surface area contributed by atoms with Gasteiger partial charge in [0.15, 0.2) is 6.10 Å². The molecule has 5 heteroatoms. The zero-order valence-electron chi connectivity index (χ0n) is 14.1. The molecule has 1 atom stereocenters. The van der Waals surface area contributed by atoms with Gasteiger partial charge in [-0.1, -0.05) is 29.3 Å². The Morgan fingerprint density at radius 3 is 2.58 bits per heavy atom. The van der Waals surface area contributed by atoms with E-state index in [2.05, 4.69) is 5.32 Å². The molecule has 0 heterocycles. The normalized spacial score (nSPS) is 11.8. The molecule has 0 aromatic heterocycles.